The van der Waals surface area contributed by atoms with Crippen molar-refractivity contribution in [3.63, 3.8) is 0 Å². The minimum Gasteiger partial charge on any atom is -0.478 e. The maximum Gasteiger partial charge on any atom is 0.337 e. The Morgan fingerprint density at radius 3 is 2.65 bits per heavy atom. The molecule has 2 rings (SSSR count). The van der Waals surface area contributed by atoms with Gasteiger partial charge in [-0.05, 0) is 29.6 Å². The Morgan fingerprint density at radius 1 is 1.35 bits per heavy atom. The van der Waals surface area contributed by atoms with Crippen molar-refractivity contribution in [2.45, 2.75) is 19.8 Å². The number of carbonyl (C=O) groups is 2. The van der Waals surface area contributed by atoms with Crippen LogP contribution in [0.1, 0.15) is 45.5 Å². The third-order valence-electron chi connectivity index (χ3n) is 2.52. The first kappa shape index (κ1) is 14.1. The Morgan fingerprint density at radius 2 is 2.10 bits per heavy atom. The predicted octanol–water partition coefficient (Wildman–Crippen LogP) is 2.01. The summed E-state index contributed by atoms with van der Waals surface area (Å²) < 4.78 is 3.78. The summed E-state index contributed by atoms with van der Waals surface area (Å²) in [5, 5.41) is 15.3. The molecule has 2 aromatic heterocycles. The number of carboxylic acids is 1. The fraction of sp³-hybridized carbons (Fsp3) is 0.250. The number of anilines is 1. The number of aromatic carboxylic acids is 1. The maximum absolute atomic E-state index is 12.1. The van der Waals surface area contributed by atoms with Gasteiger partial charge in [-0.25, -0.2) is 9.78 Å². The molecule has 8 heteroatoms. The number of nitrogens with one attached hydrogen (secondary N) is 1. The van der Waals surface area contributed by atoms with Crippen molar-refractivity contribution >= 4 is 29.2 Å². The summed E-state index contributed by atoms with van der Waals surface area (Å²) in [7, 11) is 0. The normalized spacial score (nSPS) is 10.6. The highest BCUT2D eigenvalue weighted by molar-refractivity contribution is 7.08. The number of hydrogen-bond donors (Lipinski definition) is 2. The second-order valence-electron chi connectivity index (χ2n) is 4.33. The van der Waals surface area contributed by atoms with Crippen molar-refractivity contribution in [1.82, 2.24) is 14.6 Å². The van der Waals surface area contributed by atoms with Crippen LogP contribution in [0.5, 0.6) is 0 Å². The van der Waals surface area contributed by atoms with Crippen LogP contribution in [0.15, 0.2) is 18.3 Å². The fourth-order valence-electron chi connectivity index (χ4n) is 1.50. The van der Waals surface area contributed by atoms with E-state index >= 15 is 0 Å². The van der Waals surface area contributed by atoms with Gasteiger partial charge in [-0.3, -0.25) is 4.79 Å². The number of aromatic nitrogens is 3. The molecule has 0 saturated heterocycles. The third kappa shape index (κ3) is 2.97. The largest absolute Gasteiger partial charge is 0.478 e. The summed E-state index contributed by atoms with van der Waals surface area (Å²) in [6.45, 7) is 3.85. The molecule has 0 radical (unpaired) electrons. The smallest absolute Gasteiger partial charge is 0.337 e. The van der Waals surface area contributed by atoms with Crippen molar-refractivity contribution < 1.29 is 14.7 Å². The van der Waals surface area contributed by atoms with Gasteiger partial charge in [0.15, 0.2) is 0 Å². The highest BCUT2D eigenvalue weighted by atomic mass is 32.1. The zero-order chi connectivity index (χ0) is 14.7. The third-order valence-corrected chi connectivity index (χ3v) is 3.26. The summed E-state index contributed by atoms with van der Waals surface area (Å²) in [6, 6.07) is 2.81. The Kier molecular flexibility index (Phi) is 4.04. The standard InChI is InChI=1S/C12H12N4O3S/c1-6(2)9-10(20-16-15-9)11(17)14-8-4-3-7(5-13-8)12(18)19/h3-6H,1-2H3,(H,18,19)(H,13,14,17). The molecule has 0 aliphatic heterocycles. The fourth-order valence-corrected chi connectivity index (χ4v) is 2.21. The number of pyridine rings is 1. The van der Waals surface area contributed by atoms with E-state index in [2.05, 4.69) is 19.9 Å². The topological polar surface area (TPSA) is 105 Å². The molecule has 104 valence electrons. The zero-order valence-electron chi connectivity index (χ0n) is 10.8. The summed E-state index contributed by atoms with van der Waals surface area (Å²) in [5.41, 5.74) is 0.694. The van der Waals surface area contributed by atoms with Gasteiger partial charge in [-0.1, -0.05) is 18.3 Å². The van der Waals surface area contributed by atoms with E-state index in [4.69, 9.17) is 5.11 Å². The molecule has 7 nitrogen and oxygen atoms in total. The first-order valence-electron chi connectivity index (χ1n) is 5.82. The van der Waals surface area contributed by atoms with Crippen molar-refractivity contribution in [2.24, 2.45) is 0 Å². The summed E-state index contributed by atoms with van der Waals surface area (Å²) in [4.78, 5) is 27.1. The van der Waals surface area contributed by atoms with Crippen LogP contribution in [-0.4, -0.2) is 31.6 Å². The van der Waals surface area contributed by atoms with E-state index in [9.17, 15) is 9.59 Å². The van der Waals surface area contributed by atoms with Gasteiger partial charge in [0.1, 0.15) is 10.7 Å². The van der Waals surface area contributed by atoms with Gasteiger partial charge in [0.2, 0.25) is 0 Å². The average molecular weight is 292 g/mol. The molecule has 2 aromatic rings. The number of hydrogen-bond acceptors (Lipinski definition) is 6. The molecule has 0 bridgehead atoms. The molecule has 0 atom stereocenters. The average Bonchev–Trinajstić information content (AvgIpc) is 2.88. The van der Waals surface area contributed by atoms with Gasteiger partial charge in [0, 0.05) is 6.20 Å². The molecule has 2 heterocycles. The van der Waals surface area contributed by atoms with E-state index < -0.39 is 5.97 Å². The van der Waals surface area contributed by atoms with Crippen molar-refractivity contribution in [2.75, 3.05) is 5.32 Å². The van der Waals surface area contributed by atoms with E-state index in [-0.39, 0.29) is 23.2 Å². The zero-order valence-corrected chi connectivity index (χ0v) is 11.6. The van der Waals surface area contributed by atoms with Crippen molar-refractivity contribution in [1.29, 1.82) is 0 Å². The van der Waals surface area contributed by atoms with Gasteiger partial charge in [-0.2, -0.15) is 0 Å². The van der Waals surface area contributed by atoms with Crippen molar-refractivity contribution in [3.8, 4) is 0 Å². The lowest BCUT2D eigenvalue weighted by molar-refractivity contribution is 0.0696. The van der Waals surface area contributed by atoms with Crippen LogP contribution in [0.2, 0.25) is 0 Å². The summed E-state index contributed by atoms with van der Waals surface area (Å²) in [6.07, 6.45) is 1.19. The van der Waals surface area contributed by atoms with Crippen LogP contribution in [0.3, 0.4) is 0 Å². The van der Waals surface area contributed by atoms with Crippen LogP contribution >= 0.6 is 11.5 Å². The molecule has 0 unspecified atom stereocenters. The molecule has 0 aliphatic carbocycles. The van der Waals surface area contributed by atoms with E-state index in [1.165, 1.54) is 18.3 Å². The second-order valence-corrected chi connectivity index (χ2v) is 5.09. The quantitative estimate of drug-likeness (QED) is 0.893. The highest BCUT2D eigenvalue weighted by Gasteiger charge is 2.19. The van der Waals surface area contributed by atoms with E-state index in [1.54, 1.807) is 0 Å². The lowest BCUT2D eigenvalue weighted by Crippen LogP contribution is -2.14. The minimum absolute atomic E-state index is 0.0605. The van der Waals surface area contributed by atoms with E-state index in [0.29, 0.717) is 10.6 Å². The number of carbonyl (C=O) groups excluding carboxylic acids is 1. The SMILES string of the molecule is CC(C)c1nnsc1C(=O)Nc1ccc(C(=O)O)cn1. The molecule has 0 aliphatic rings. The van der Waals surface area contributed by atoms with Gasteiger partial charge in [0.25, 0.3) is 5.91 Å². The molecule has 0 aromatic carbocycles. The van der Waals surface area contributed by atoms with Gasteiger partial charge < -0.3 is 10.4 Å². The van der Waals surface area contributed by atoms with Crippen LogP contribution in [0.4, 0.5) is 5.82 Å². The molecule has 1 amide bonds. The highest BCUT2D eigenvalue weighted by Crippen LogP contribution is 2.20. The lowest BCUT2D eigenvalue weighted by Gasteiger charge is -2.05. The molecule has 2 N–H and O–H groups in total. The molecule has 0 fully saturated rings. The number of carboxylic acid groups (broad SMARTS) is 1. The molecular formula is C12H12N4O3S. The van der Waals surface area contributed by atoms with E-state index in [0.717, 1.165) is 11.5 Å². The molecule has 0 saturated carbocycles. The molecule has 20 heavy (non-hydrogen) atoms. The second kappa shape index (κ2) is 5.74. The molecular weight excluding hydrogens is 280 g/mol. The summed E-state index contributed by atoms with van der Waals surface area (Å²) >= 11 is 1.02. The summed E-state index contributed by atoms with van der Waals surface area (Å²) in [5.74, 6) is -1.04. The Bertz CT molecular complexity index is 636. The Labute approximate surface area is 118 Å². The number of nitrogens with zero attached hydrogens (tertiary/aromatic N) is 3. The first-order chi connectivity index (χ1) is 9.49. The number of rotatable bonds is 4. The van der Waals surface area contributed by atoms with Crippen LogP contribution in [-0.2, 0) is 0 Å². The number of amides is 1. The van der Waals surface area contributed by atoms with Crippen LogP contribution < -0.4 is 5.32 Å². The van der Waals surface area contributed by atoms with E-state index in [1.807, 2.05) is 13.8 Å². The van der Waals surface area contributed by atoms with Gasteiger partial charge in [-0.15, -0.1) is 5.10 Å². The Balaban J connectivity index is 2.15. The molecule has 0 spiro atoms. The minimum atomic E-state index is -1.07. The van der Waals surface area contributed by atoms with Crippen LogP contribution in [0.25, 0.3) is 0 Å². The van der Waals surface area contributed by atoms with Crippen LogP contribution in [0, 0.1) is 0 Å². The van der Waals surface area contributed by atoms with Gasteiger partial charge in [0.05, 0.1) is 11.3 Å². The van der Waals surface area contributed by atoms with Gasteiger partial charge >= 0.3 is 5.97 Å². The van der Waals surface area contributed by atoms with Crippen molar-refractivity contribution in [3.05, 3.63) is 34.5 Å². The first-order valence-corrected chi connectivity index (χ1v) is 6.59. The predicted molar refractivity (Wildman–Crippen MR) is 73.1 cm³/mol. The maximum atomic E-state index is 12.1. The monoisotopic (exact) mass is 292 g/mol. The lowest BCUT2D eigenvalue weighted by atomic mass is 10.1. The Hall–Kier alpha value is -2.35.